The zero-order chi connectivity index (χ0) is 20.1. The molecular weight excluding hydrogens is 371 g/mol. The third-order valence-corrected chi connectivity index (χ3v) is 4.72. The summed E-state index contributed by atoms with van der Waals surface area (Å²) in [5, 5.41) is 3.30. The molecule has 152 valence electrons. The van der Waals surface area contributed by atoms with Crippen LogP contribution >= 0.6 is 0 Å². The number of imidazole rings is 1. The Hall–Kier alpha value is -2.55. The summed E-state index contributed by atoms with van der Waals surface area (Å²) in [5.41, 5.74) is -0.145. The fourth-order valence-corrected chi connectivity index (χ4v) is 3.22. The molecule has 0 radical (unpaired) electrons. The summed E-state index contributed by atoms with van der Waals surface area (Å²) in [6.45, 7) is 4.82. The van der Waals surface area contributed by atoms with Gasteiger partial charge in [-0.2, -0.15) is 13.2 Å². The van der Waals surface area contributed by atoms with Crippen molar-refractivity contribution in [2.45, 2.75) is 25.7 Å². The number of halogens is 3. The van der Waals surface area contributed by atoms with Gasteiger partial charge in [-0.15, -0.1) is 0 Å². The molecule has 2 heterocycles. The second-order valence-corrected chi connectivity index (χ2v) is 6.57. The van der Waals surface area contributed by atoms with Crippen molar-refractivity contribution < 1.29 is 17.9 Å². The lowest BCUT2D eigenvalue weighted by atomic mass is 10.0. The van der Waals surface area contributed by atoms with Gasteiger partial charge in [0.2, 0.25) is 0 Å². The molecule has 1 aliphatic rings. The van der Waals surface area contributed by atoms with Crippen molar-refractivity contribution in [1.29, 1.82) is 0 Å². The van der Waals surface area contributed by atoms with E-state index >= 15 is 0 Å². The highest BCUT2D eigenvalue weighted by atomic mass is 19.4. The first kappa shape index (κ1) is 20.2. The molecule has 1 fully saturated rings. The molecule has 0 aliphatic carbocycles. The van der Waals surface area contributed by atoms with Crippen LogP contribution < -0.4 is 5.32 Å². The molecule has 9 heteroatoms. The average Bonchev–Trinajstić information content (AvgIpc) is 3.09. The van der Waals surface area contributed by atoms with E-state index in [2.05, 4.69) is 15.3 Å². The minimum Gasteiger partial charge on any atom is -0.370 e. The number of rotatable bonds is 4. The molecule has 1 aromatic carbocycles. The zero-order valence-electron chi connectivity index (χ0n) is 15.9. The summed E-state index contributed by atoms with van der Waals surface area (Å²) in [5.74, 6) is 1.64. The predicted octanol–water partition coefficient (Wildman–Crippen LogP) is 2.86. The van der Waals surface area contributed by atoms with Gasteiger partial charge in [0.15, 0.2) is 5.96 Å². The maximum absolute atomic E-state index is 13.0. The molecular formula is C19H24F3N5O. The summed E-state index contributed by atoms with van der Waals surface area (Å²) in [6, 6.07) is 5.32. The van der Waals surface area contributed by atoms with Gasteiger partial charge in [-0.05, 0) is 24.6 Å². The third-order valence-electron chi connectivity index (χ3n) is 4.72. The van der Waals surface area contributed by atoms with Crippen molar-refractivity contribution in [3.8, 4) is 0 Å². The van der Waals surface area contributed by atoms with E-state index in [0.717, 1.165) is 24.5 Å². The summed E-state index contributed by atoms with van der Waals surface area (Å²) < 4.78 is 46.7. The largest absolute Gasteiger partial charge is 0.416 e. The molecule has 0 amide bonds. The molecule has 0 saturated carbocycles. The molecule has 0 bridgehead atoms. The van der Waals surface area contributed by atoms with E-state index in [0.29, 0.717) is 37.8 Å². The lowest BCUT2D eigenvalue weighted by Crippen LogP contribution is -2.48. The first-order valence-corrected chi connectivity index (χ1v) is 9.10. The van der Waals surface area contributed by atoms with Crippen LogP contribution in [0.5, 0.6) is 0 Å². The first-order valence-electron chi connectivity index (χ1n) is 9.10. The van der Waals surface area contributed by atoms with E-state index in [1.165, 1.54) is 6.07 Å². The van der Waals surface area contributed by atoms with E-state index in [9.17, 15) is 13.2 Å². The Labute approximate surface area is 162 Å². The number of aryl methyl sites for hydroxylation is 1. The van der Waals surface area contributed by atoms with Gasteiger partial charge in [-0.3, -0.25) is 4.99 Å². The molecule has 3 rings (SSSR count). The van der Waals surface area contributed by atoms with Gasteiger partial charge in [-0.25, -0.2) is 4.98 Å². The van der Waals surface area contributed by atoms with Gasteiger partial charge in [0, 0.05) is 39.1 Å². The topological polar surface area (TPSA) is 54.7 Å². The number of hydrogen-bond donors (Lipinski definition) is 1. The number of alkyl halides is 3. The molecule has 1 N–H and O–H groups in total. The number of guanidine groups is 1. The molecule has 6 nitrogen and oxygen atoms in total. The molecule has 1 aliphatic heterocycles. The van der Waals surface area contributed by atoms with Crippen molar-refractivity contribution in [3.05, 3.63) is 53.6 Å². The smallest absolute Gasteiger partial charge is 0.370 e. The maximum Gasteiger partial charge on any atom is 0.416 e. The van der Waals surface area contributed by atoms with Gasteiger partial charge < -0.3 is 19.5 Å². The highest BCUT2D eigenvalue weighted by molar-refractivity contribution is 5.80. The lowest BCUT2D eigenvalue weighted by Gasteiger charge is -2.35. The average molecular weight is 395 g/mol. The van der Waals surface area contributed by atoms with E-state index in [-0.39, 0.29) is 0 Å². The maximum atomic E-state index is 13.0. The van der Waals surface area contributed by atoms with Crippen LogP contribution in [0.3, 0.4) is 0 Å². The number of ether oxygens (including phenoxy) is 1. The molecule has 28 heavy (non-hydrogen) atoms. The Morgan fingerprint density at radius 1 is 1.39 bits per heavy atom. The number of hydrogen-bond acceptors (Lipinski definition) is 3. The van der Waals surface area contributed by atoms with Gasteiger partial charge in [0.05, 0.1) is 18.7 Å². The summed E-state index contributed by atoms with van der Waals surface area (Å²) in [6.07, 6.45) is -1.14. The second-order valence-electron chi connectivity index (χ2n) is 6.57. The van der Waals surface area contributed by atoms with Crippen LogP contribution in [0, 0.1) is 6.92 Å². The zero-order valence-corrected chi connectivity index (χ0v) is 15.9. The summed E-state index contributed by atoms with van der Waals surface area (Å²) in [7, 11) is 1.69. The fraction of sp³-hybridized carbons (Fsp3) is 0.474. The summed E-state index contributed by atoms with van der Waals surface area (Å²) in [4.78, 5) is 10.5. The standard InChI is InChI=1S/C19H24F3N5O/c1-14-24-6-8-26(14)9-7-25-18(23-2)27-10-11-28-17(13-27)15-4-3-5-16(12-15)19(20,21)22/h3-6,8,12,17H,7,9-11,13H2,1-2H3,(H,23,25). The highest BCUT2D eigenvalue weighted by Crippen LogP contribution is 2.32. The van der Waals surface area contributed by atoms with Crippen LogP contribution in [0.15, 0.2) is 41.7 Å². The Morgan fingerprint density at radius 3 is 2.89 bits per heavy atom. The van der Waals surface area contributed by atoms with Crippen LogP contribution in [-0.4, -0.2) is 53.7 Å². The minimum absolute atomic E-state index is 0.419. The molecule has 1 atom stereocenters. The quantitative estimate of drug-likeness (QED) is 0.639. The van der Waals surface area contributed by atoms with Crippen molar-refractivity contribution in [1.82, 2.24) is 19.8 Å². The van der Waals surface area contributed by atoms with Crippen molar-refractivity contribution in [2.75, 3.05) is 33.3 Å². The Bertz CT molecular complexity index is 818. The Balaban J connectivity index is 1.62. The van der Waals surface area contributed by atoms with E-state index < -0.39 is 17.8 Å². The Kier molecular flexibility index (Phi) is 6.23. The Morgan fingerprint density at radius 2 is 2.21 bits per heavy atom. The van der Waals surface area contributed by atoms with Gasteiger partial charge in [0.1, 0.15) is 11.9 Å². The van der Waals surface area contributed by atoms with Crippen LogP contribution in [0.2, 0.25) is 0 Å². The number of benzene rings is 1. The second kappa shape index (κ2) is 8.64. The van der Waals surface area contributed by atoms with E-state index in [1.807, 2.05) is 22.6 Å². The van der Waals surface area contributed by atoms with E-state index in [4.69, 9.17) is 4.74 Å². The first-order chi connectivity index (χ1) is 13.4. The molecule has 2 aromatic rings. The summed E-state index contributed by atoms with van der Waals surface area (Å²) >= 11 is 0. The van der Waals surface area contributed by atoms with Crippen LogP contribution in [0.25, 0.3) is 0 Å². The number of aliphatic imine (C=N–C) groups is 1. The molecule has 0 spiro atoms. The van der Waals surface area contributed by atoms with Crippen LogP contribution in [-0.2, 0) is 17.5 Å². The monoisotopic (exact) mass is 395 g/mol. The predicted molar refractivity (Wildman–Crippen MR) is 100 cm³/mol. The molecule has 1 saturated heterocycles. The van der Waals surface area contributed by atoms with Gasteiger partial charge >= 0.3 is 6.18 Å². The van der Waals surface area contributed by atoms with Crippen LogP contribution in [0.1, 0.15) is 23.1 Å². The SMILES string of the molecule is CN=C(NCCn1ccnc1C)N1CCOC(c2cccc(C(F)(F)F)c2)C1. The number of nitrogens with zero attached hydrogens (tertiary/aromatic N) is 4. The normalized spacial score (nSPS) is 18.4. The number of morpholine rings is 1. The van der Waals surface area contributed by atoms with Crippen molar-refractivity contribution >= 4 is 5.96 Å². The number of aromatic nitrogens is 2. The minimum atomic E-state index is -4.37. The number of nitrogens with one attached hydrogen (secondary N) is 1. The van der Waals surface area contributed by atoms with Crippen LogP contribution in [0.4, 0.5) is 13.2 Å². The fourth-order valence-electron chi connectivity index (χ4n) is 3.22. The molecule has 1 aromatic heterocycles. The van der Waals surface area contributed by atoms with Gasteiger partial charge in [0.25, 0.3) is 0 Å². The van der Waals surface area contributed by atoms with Gasteiger partial charge in [-0.1, -0.05) is 12.1 Å². The third kappa shape index (κ3) is 4.83. The highest BCUT2D eigenvalue weighted by Gasteiger charge is 2.32. The lowest BCUT2D eigenvalue weighted by molar-refractivity contribution is -0.137. The van der Waals surface area contributed by atoms with Crippen molar-refractivity contribution in [2.24, 2.45) is 4.99 Å². The van der Waals surface area contributed by atoms with Crippen molar-refractivity contribution in [3.63, 3.8) is 0 Å². The van der Waals surface area contributed by atoms with E-state index in [1.54, 1.807) is 19.3 Å². The molecule has 1 unspecified atom stereocenters.